The van der Waals surface area contributed by atoms with Gasteiger partial charge in [0.2, 0.25) is 0 Å². The van der Waals surface area contributed by atoms with Gasteiger partial charge < -0.3 is 5.73 Å². The van der Waals surface area contributed by atoms with Crippen molar-refractivity contribution in [1.82, 2.24) is 25.6 Å². The van der Waals surface area contributed by atoms with E-state index in [0.29, 0.717) is 16.5 Å². The van der Waals surface area contributed by atoms with Gasteiger partial charge in [-0.25, -0.2) is 0 Å². The maximum Gasteiger partial charge on any atom is 0.153 e. The number of nitrogens with two attached hydrogens (primary N) is 1. The molecule has 1 aromatic carbocycles. The molecule has 0 aliphatic rings. The van der Waals surface area contributed by atoms with E-state index in [1.807, 2.05) is 12.1 Å². The molecule has 0 saturated heterocycles. The number of aromatic nitrogens is 5. The van der Waals surface area contributed by atoms with Crippen molar-refractivity contribution < 1.29 is 0 Å². The van der Waals surface area contributed by atoms with E-state index >= 15 is 0 Å². The lowest BCUT2D eigenvalue weighted by Gasteiger charge is -2.02. The predicted octanol–water partition coefficient (Wildman–Crippen LogP) is 2.10. The summed E-state index contributed by atoms with van der Waals surface area (Å²) in [5.41, 5.74) is 8.98. The summed E-state index contributed by atoms with van der Waals surface area (Å²) in [5.74, 6) is 0.412. The van der Waals surface area contributed by atoms with Crippen molar-refractivity contribution in [3.8, 4) is 22.5 Å². The zero-order valence-electron chi connectivity index (χ0n) is 9.18. The van der Waals surface area contributed by atoms with Crippen LogP contribution in [0.4, 0.5) is 5.82 Å². The summed E-state index contributed by atoms with van der Waals surface area (Å²) in [6, 6.07) is 7.37. The molecule has 0 bridgehead atoms. The van der Waals surface area contributed by atoms with Gasteiger partial charge in [-0.15, -0.1) is 0 Å². The van der Waals surface area contributed by atoms with Gasteiger partial charge in [-0.05, 0) is 17.7 Å². The zero-order valence-corrected chi connectivity index (χ0v) is 9.94. The van der Waals surface area contributed by atoms with Crippen LogP contribution in [0.3, 0.4) is 0 Å². The molecule has 18 heavy (non-hydrogen) atoms. The third-order valence-corrected chi connectivity index (χ3v) is 2.85. The fourth-order valence-corrected chi connectivity index (χ4v) is 1.90. The molecule has 6 nitrogen and oxygen atoms in total. The molecule has 0 atom stereocenters. The molecule has 0 radical (unpaired) electrons. The molecule has 90 valence electrons. The van der Waals surface area contributed by atoms with Crippen LogP contribution in [-0.2, 0) is 0 Å². The SMILES string of the molecule is Nc1n[nH]c(-c2cn[nH]n2)c1-c1ccc(Cl)cc1. The molecule has 3 rings (SSSR count). The number of nitrogen functional groups attached to an aromatic ring is 1. The number of hydrogen-bond donors (Lipinski definition) is 3. The van der Waals surface area contributed by atoms with Gasteiger partial charge >= 0.3 is 0 Å². The Bertz CT molecular complexity index is 655. The fraction of sp³-hybridized carbons (Fsp3) is 0. The van der Waals surface area contributed by atoms with E-state index in [1.165, 1.54) is 0 Å². The maximum absolute atomic E-state index is 5.88. The first-order valence-electron chi connectivity index (χ1n) is 5.21. The van der Waals surface area contributed by atoms with Crippen molar-refractivity contribution in [3.05, 3.63) is 35.5 Å². The number of hydrogen-bond acceptors (Lipinski definition) is 4. The van der Waals surface area contributed by atoms with Crippen LogP contribution in [0.25, 0.3) is 22.5 Å². The average molecular weight is 261 g/mol. The Morgan fingerprint density at radius 1 is 1.11 bits per heavy atom. The Morgan fingerprint density at radius 3 is 2.56 bits per heavy atom. The normalized spacial score (nSPS) is 10.7. The van der Waals surface area contributed by atoms with Crippen LogP contribution in [0.5, 0.6) is 0 Å². The minimum atomic E-state index is 0.412. The second-order valence-electron chi connectivity index (χ2n) is 3.72. The minimum Gasteiger partial charge on any atom is -0.382 e. The monoisotopic (exact) mass is 260 g/mol. The van der Waals surface area contributed by atoms with Crippen molar-refractivity contribution in [2.45, 2.75) is 0 Å². The van der Waals surface area contributed by atoms with Crippen molar-refractivity contribution in [2.75, 3.05) is 5.73 Å². The Kier molecular flexibility index (Phi) is 2.49. The highest BCUT2D eigenvalue weighted by Gasteiger charge is 2.16. The topological polar surface area (TPSA) is 96.3 Å². The van der Waals surface area contributed by atoms with Crippen molar-refractivity contribution >= 4 is 17.4 Å². The molecular weight excluding hydrogens is 252 g/mol. The van der Waals surface area contributed by atoms with E-state index in [-0.39, 0.29) is 0 Å². The number of nitrogens with one attached hydrogen (secondary N) is 2. The van der Waals surface area contributed by atoms with Gasteiger partial charge in [0.15, 0.2) is 5.82 Å². The maximum atomic E-state index is 5.88. The molecule has 0 amide bonds. The van der Waals surface area contributed by atoms with E-state index in [0.717, 1.165) is 16.8 Å². The van der Waals surface area contributed by atoms with Crippen LogP contribution in [0.1, 0.15) is 0 Å². The second kappa shape index (κ2) is 4.15. The fourth-order valence-electron chi connectivity index (χ4n) is 1.77. The summed E-state index contributed by atoms with van der Waals surface area (Å²) in [5, 5.41) is 17.9. The largest absolute Gasteiger partial charge is 0.382 e. The Morgan fingerprint density at radius 2 is 1.89 bits per heavy atom. The predicted molar refractivity (Wildman–Crippen MR) is 68.8 cm³/mol. The van der Waals surface area contributed by atoms with E-state index < -0.39 is 0 Å². The van der Waals surface area contributed by atoms with Crippen LogP contribution in [-0.4, -0.2) is 25.6 Å². The molecular formula is C11H9ClN6. The lowest BCUT2D eigenvalue weighted by molar-refractivity contribution is 0.940. The standard InChI is InChI=1S/C11H9ClN6/c12-7-3-1-6(2-4-7)9-10(16-17-11(9)13)8-5-14-18-15-8/h1-5H,(H3,13,16,17)(H,14,15,18). The van der Waals surface area contributed by atoms with Gasteiger partial charge in [0, 0.05) is 5.02 Å². The molecule has 0 spiro atoms. The van der Waals surface area contributed by atoms with E-state index in [4.69, 9.17) is 17.3 Å². The molecule has 0 aliphatic heterocycles. The highest BCUT2D eigenvalue weighted by molar-refractivity contribution is 6.30. The highest BCUT2D eigenvalue weighted by Crippen LogP contribution is 2.33. The first kappa shape index (κ1) is 10.8. The average Bonchev–Trinajstić information content (AvgIpc) is 2.99. The van der Waals surface area contributed by atoms with E-state index in [9.17, 15) is 0 Å². The van der Waals surface area contributed by atoms with Crippen LogP contribution in [0, 0.1) is 0 Å². The van der Waals surface area contributed by atoms with Gasteiger partial charge in [-0.2, -0.15) is 20.5 Å². The summed E-state index contributed by atoms with van der Waals surface area (Å²) in [6.45, 7) is 0. The number of rotatable bonds is 2. The number of H-pyrrole nitrogens is 2. The van der Waals surface area contributed by atoms with Crippen LogP contribution < -0.4 is 5.73 Å². The van der Waals surface area contributed by atoms with E-state index in [1.54, 1.807) is 18.3 Å². The second-order valence-corrected chi connectivity index (χ2v) is 4.16. The molecule has 0 fully saturated rings. The zero-order chi connectivity index (χ0) is 12.5. The van der Waals surface area contributed by atoms with Gasteiger partial charge in [0.25, 0.3) is 0 Å². The summed E-state index contributed by atoms with van der Waals surface area (Å²) in [4.78, 5) is 0. The Hall–Kier alpha value is -2.34. The molecule has 0 saturated carbocycles. The van der Waals surface area contributed by atoms with Crippen LogP contribution in [0.15, 0.2) is 30.5 Å². The molecule has 0 aliphatic carbocycles. The lowest BCUT2D eigenvalue weighted by Crippen LogP contribution is -1.88. The molecule has 4 N–H and O–H groups in total. The summed E-state index contributed by atoms with van der Waals surface area (Å²) in [6.07, 6.45) is 1.60. The summed E-state index contributed by atoms with van der Waals surface area (Å²) < 4.78 is 0. The molecule has 7 heteroatoms. The van der Waals surface area contributed by atoms with Crippen molar-refractivity contribution in [3.63, 3.8) is 0 Å². The summed E-state index contributed by atoms with van der Waals surface area (Å²) in [7, 11) is 0. The van der Waals surface area contributed by atoms with Gasteiger partial charge in [-0.3, -0.25) is 5.10 Å². The van der Waals surface area contributed by atoms with Gasteiger partial charge in [-0.1, -0.05) is 23.7 Å². The molecule has 2 aromatic heterocycles. The van der Waals surface area contributed by atoms with Crippen LogP contribution >= 0.6 is 11.6 Å². The molecule has 2 heterocycles. The number of anilines is 1. The smallest absolute Gasteiger partial charge is 0.153 e. The third kappa shape index (κ3) is 1.72. The quantitative estimate of drug-likeness (QED) is 0.657. The molecule has 0 unspecified atom stereocenters. The number of aromatic amines is 2. The van der Waals surface area contributed by atoms with Gasteiger partial charge in [0.1, 0.15) is 5.69 Å². The minimum absolute atomic E-state index is 0.412. The number of halogens is 1. The first-order chi connectivity index (χ1) is 8.75. The highest BCUT2D eigenvalue weighted by atomic mass is 35.5. The van der Waals surface area contributed by atoms with E-state index in [2.05, 4.69) is 25.6 Å². The number of nitrogens with zero attached hydrogens (tertiary/aromatic N) is 3. The van der Waals surface area contributed by atoms with Gasteiger partial charge in [0.05, 0.1) is 17.5 Å². The third-order valence-electron chi connectivity index (χ3n) is 2.60. The lowest BCUT2D eigenvalue weighted by atomic mass is 10.0. The van der Waals surface area contributed by atoms with Crippen molar-refractivity contribution in [2.24, 2.45) is 0 Å². The summed E-state index contributed by atoms with van der Waals surface area (Å²) >= 11 is 5.87. The number of benzene rings is 1. The van der Waals surface area contributed by atoms with Crippen molar-refractivity contribution in [1.29, 1.82) is 0 Å². The Balaban J connectivity index is 2.17. The molecule has 3 aromatic rings. The van der Waals surface area contributed by atoms with Crippen LogP contribution in [0.2, 0.25) is 5.02 Å². The first-order valence-corrected chi connectivity index (χ1v) is 5.59. The Labute approximate surface area is 107 Å².